The number of hydrogen-bond donors (Lipinski definition) is 1. The van der Waals surface area contributed by atoms with Crippen LogP contribution in [0.5, 0.6) is 0 Å². The quantitative estimate of drug-likeness (QED) is 0.808. The lowest BCUT2D eigenvalue weighted by atomic mass is 10.0. The fourth-order valence-electron chi connectivity index (χ4n) is 3.34. The SMILES string of the molecule is CCCCN1C(=O)c2ccc(C(=O)N3CCC(CN)C3)cc2C1=O.Cl. The highest BCUT2D eigenvalue weighted by atomic mass is 35.5. The molecule has 3 rings (SSSR count). The van der Waals surface area contributed by atoms with Gasteiger partial charge in [0.25, 0.3) is 17.7 Å². The van der Waals surface area contributed by atoms with Gasteiger partial charge in [0.1, 0.15) is 0 Å². The largest absolute Gasteiger partial charge is 0.338 e. The number of nitrogens with zero attached hydrogens (tertiary/aromatic N) is 2. The Labute approximate surface area is 153 Å². The monoisotopic (exact) mass is 365 g/mol. The van der Waals surface area contributed by atoms with Crippen LogP contribution < -0.4 is 5.73 Å². The summed E-state index contributed by atoms with van der Waals surface area (Å²) in [5, 5.41) is 0. The Morgan fingerprint density at radius 3 is 2.60 bits per heavy atom. The first-order valence-electron chi connectivity index (χ1n) is 8.56. The highest BCUT2D eigenvalue weighted by Gasteiger charge is 2.36. The Balaban J connectivity index is 0.00000225. The predicted molar refractivity (Wildman–Crippen MR) is 97.0 cm³/mol. The fourth-order valence-corrected chi connectivity index (χ4v) is 3.34. The van der Waals surface area contributed by atoms with Crippen molar-refractivity contribution < 1.29 is 14.4 Å². The lowest BCUT2D eigenvalue weighted by molar-refractivity contribution is 0.0652. The molecule has 0 radical (unpaired) electrons. The first kappa shape index (κ1) is 19.4. The van der Waals surface area contributed by atoms with Crippen molar-refractivity contribution >= 4 is 30.1 Å². The molecule has 0 saturated carbocycles. The highest BCUT2D eigenvalue weighted by Crippen LogP contribution is 2.26. The van der Waals surface area contributed by atoms with Crippen LogP contribution in [-0.2, 0) is 0 Å². The standard InChI is InChI=1S/C18H23N3O3.ClH/c1-2-3-7-21-17(23)14-5-4-13(9-15(14)18(21)24)16(22)20-8-6-12(10-19)11-20;/h4-5,9,12H,2-3,6-8,10-11,19H2,1H3;1H. The molecule has 0 aromatic heterocycles. The van der Waals surface area contributed by atoms with Crippen molar-refractivity contribution in [1.29, 1.82) is 0 Å². The molecule has 1 saturated heterocycles. The van der Waals surface area contributed by atoms with Gasteiger partial charge in [-0.25, -0.2) is 0 Å². The maximum absolute atomic E-state index is 12.6. The summed E-state index contributed by atoms with van der Waals surface area (Å²) in [4.78, 5) is 40.5. The van der Waals surface area contributed by atoms with Gasteiger partial charge in [-0.3, -0.25) is 19.3 Å². The van der Waals surface area contributed by atoms with Crippen molar-refractivity contribution in [3.05, 3.63) is 34.9 Å². The fraction of sp³-hybridized carbons (Fsp3) is 0.500. The molecule has 7 heteroatoms. The maximum atomic E-state index is 12.6. The summed E-state index contributed by atoms with van der Waals surface area (Å²) in [7, 11) is 0. The zero-order valence-electron chi connectivity index (χ0n) is 14.4. The molecule has 0 spiro atoms. The van der Waals surface area contributed by atoms with Crippen molar-refractivity contribution in [2.75, 3.05) is 26.2 Å². The molecule has 1 atom stereocenters. The van der Waals surface area contributed by atoms with E-state index in [1.807, 2.05) is 6.92 Å². The number of carbonyl (C=O) groups is 3. The van der Waals surface area contributed by atoms with Crippen molar-refractivity contribution in [1.82, 2.24) is 9.80 Å². The molecule has 2 aliphatic rings. The smallest absolute Gasteiger partial charge is 0.261 e. The molecule has 3 amide bonds. The number of likely N-dealkylation sites (tertiary alicyclic amines) is 1. The lowest BCUT2D eigenvalue weighted by Gasteiger charge is -2.16. The minimum Gasteiger partial charge on any atom is -0.338 e. The van der Waals surface area contributed by atoms with Gasteiger partial charge in [0.05, 0.1) is 11.1 Å². The van der Waals surface area contributed by atoms with Gasteiger partial charge >= 0.3 is 0 Å². The van der Waals surface area contributed by atoms with Crippen LogP contribution in [0.2, 0.25) is 0 Å². The summed E-state index contributed by atoms with van der Waals surface area (Å²) < 4.78 is 0. The van der Waals surface area contributed by atoms with E-state index in [0.29, 0.717) is 48.8 Å². The van der Waals surface area contributed by atoms with E-state index in [2.05, 4.69) is 0 Å². The molecule has 1 aromatic rings. The third kappa shape index (κ3) is 3.55. The number of benzene rings is 1. The predicted octanol–water partition coefficient (Wildman–Crippen LogP) is 1.93. The minimum absolute atomic E-state index is 0. The second kappa shape index (κ2) is 7.97. The second-order valence-electron chi connectivity index (χ2n) is 6.52. The molecule has 25 heavy (non-hydrogen) atoms. The van der Waals surface area contributed by atoms with Crippen molar-refractivity contribution in [3.8, 4) is 0 Å². The number of nitrogens with two attached hydrogens (primary N) is 1. The molecular formula is C18H24ClN3O3. The van der Waals surface area contributed by atoms with Crippen LogP contribution in [-0.4, -0.2) is 53.7 Å². The Bertz CT molecular complexity index is 692. The number of hydrogen-bond acceptors (Lipinski definition) is 4. The summed E-state index contributed by atoms with van der Waals surface area (Å²) in [5.74, 6) is -0.302. The molecular weight excluding hydrogens is 342 g/mol. The Hall–Kier alpha value is -1.92. The van der Waals surface area contributed by atoms with Crippen LogP contribution in [0.25, 0.3) is 0 Å². The number of carbonyl (C=O) groups excluding carboxylic acids is 3. The van der Waals surface area contributed by atoms with E-state index < -0.39 is 0 Å². The van der Waals surface area contributed by atoms with Crippen LogP contribution >= 0.6 is 12.4 Å². The molecule has 1 unspecified atom stereocenters. The third-order valence-electron chi connectivity index (χ3n) is 4.86. The first-order chi connectivity index (χ1) is 11.6. The van der Waals surface area contributed by atoms with Gasteiger partial charge in [-0.2, -0.15) is 0 Å². The van der Waals surface area contributed by atoms with Gasteiger partial charge in [-0.1, -0.05) is 13.3 Å². The summed E-state index contributed by atoms with van der Waals surface area (Å²) in [5.41, 5.74) is 6.88. The van der Waals surface area contributed by atoms with Gasteiger partial charge < -0.3 is 10.6 Å². The molecule has 2 heterocycles. The van der Waals surface area contributed by atoms with Gasteiger partial charge in [-0.15, -0.1) is 12.4 Å². The summed E-state index contributed by atoms with van der Waals surface area (Å²) >= 11 is 0. The lowest BCUT2D eigenvalue weighted by Crippen LogP contribution is -2.30. The zero-order chi connectivity index (χ0) is 17.3. The van der Waals surface area contributed by atoms with Crippen molar-refractivity contribution in [2.24, 2.45) is 11.7 Å². The van der Waals surface area contributed by atoms with E-state index in [9.17, 15) is 14.4 Å². The molecule has 6 nitrogen and oxygen atoms in total. The minimum atomic E-state index is -0.292. The molecule has 2 aliphatic heterocycles. The van der Waals surface area contributed by atoms with Crippen LogP contribution in [0, 0.1) is 5.92 Å². The highest BCUT2D eigenvalue weighted by molar-refractivity contribution is 6.22. The molecule has 2 N–H and O–H groups in total. The maximum Gasteiger partial charge on any atom is 0.261 e. The van der Waals surface area contributed by atoms with Gasteiger partial charge in [0.15, 0.2) is 0 Å². The van der Waals surface area contributed by atoms with E-state index in [4.69, 9.17) is 5.73 Å². The molecule has 0 bridgehead atoms. The summed E-state index contributed by atoms with van der Waals surface area (Å²) in [6.07, 6.45) is 2.61. The van der Waals surface area contributed by atoms with Crippen LogP contribution in [0.4, 0.5) is 0 Å². The number of unbranched alkanes of at least 4 members (excludes halogenated alkanes) is 1. The Morgan fingerprint density at radius 2 is 1.96 bits per heavy atom. The van der Waals surface area contributed by atoms with Crippen LogP contribution in [0.15, 0.2) is 18.2 Å². The number of imide groups is 1. The summed E-state index contributed by atoms with van der Waals surface area (Å²) in [6.45, 7) is 4.36. The Kier molecular flexibility index (Phi) is 6.19. The van der Waals surface area contributed by atoms with Gasteiger partial charge in [0.2, 0.25) is 0 Å². The average molecular weight is 366 g/mol. The molecule has 1 aromatic carbocycles. The van der Waals surface area contributed by atoms with E-state index in [-0.39, 0.29) is 30.1 Å². The zero-order valence-corrected chi connectivity index (χ0v) is 15.2. The number of amides is 3. The molecule has 1 fully saturated rings. The van der Waals surface area contributed by atoms with Gasteiger partial charge in [-0.05, 0) is 43.5 Å². The van der Waals surface area contributed by atoms with Crippen LogP contribution in [0.1, 0.15) is 57.3 Å². The van der Waals surface area contributed by atoms with E-state index in [0.717, 1.165) is 19.3 Å². The molecule has 0 aliphatic carbocycles. The van der Waals surface area contributed by atoms with E-state index >= 15 is 0 Å². The number of fused-ring (bicyclic) bond motifs is 1. The van der Waals surface area contributed by atoms with Crippen molar-refractivity contribution in [3.63, 3.8) is 0 Å². The molecule has 136 valence electrons. The van der Waals surface area contributed by atoms with E-state index in [1.54, 1.807) is 23.1 Å². The normalized spacial score (nSPS) is 19.2. The first-order valence-corrected chi connectivity index (χ1v) is 8.56. The van der Waals surface area contributed by atoms with Gasteiger partial charge in [0, 0.05) is 25.2 Å². The summed E-state index contributed by atoms with van der Waals surface area (Å²) in [6, 6.07) is 4.82. The van der Waals surface area contributed by atoms with Crippen molar-refractivity contribution in [2.45, 2.75) is 26.2 Å². The van der Waals surface area contributed by atoms with E-state index in [1.165, 1.54) is 4.90 Å². The Morgan fingerprint density at radius 1 is 1.24 bits per heavy atom. The number of halogens is 1. The van der Waals surface area contributed by atoms with Crippen LogP contribution in [0.3, 0.4) is 0 Å². The third-order valence-corrected chi connectivity index (χ3v) is 4.86. The topological polar surface area (TPSA) is 83.7 Å². The second-order valence-corrected chi connectivity index (χ2v) is 6.52. The average Bonchev–Trinajstić information content (AvgIpc) is 3.17. The number of rotatable bonds is 5.